The fourth-order valence-corrected chi connectivity index (χ4v) is 0.774. The second-order valence-corrected chi connectivity index (χ2v) is 2.86. The Balaban J connectivity index is 0. The van der Waals surface area contributed by atoms with Gasteiger partial charge < -0.3 is 0 Å². The van der Waals surface area contributed by atoms with Crippen LogP contribution in [-0.2, 0) is 10.1 Å². The molecular formula is C3H8O3RbS. The van der Waals surface area contributed by atoms with Crippen molar-refractivity contribution in [3.05, 3.63) is 0 Å². The number of hydrogen-bond acceptors (Lipinski definition) is 2. The minimum absolute atomic E-state index is 0. The van der Waals surface area contributed by atoms with E-state index in [0.29, 0.717) is 6.42 Å². The summed E-state index contributed by atoms with van der Waals surface area (Å²) in [5.41, 5.74) is 0. The van der Waals surface area contributed by atoms with Crippen molar-refractivity contribution in [3.8, 4) is 0 Å². The average molecular weight is 210 g/mol. The third-order valence-electron chi connectivity index (χ3n) is 0.462. The normalized spacial score (nSPS) is 10.2. The molecule has 0 atom stereocenters. The van der Waals surface area contributed by atoms with Crippen LogP contribution in [0.15, 0.2) is 0 Å². The van der Waals surface area contributed by atoms with Crippen molar-refractivity contribution in [2.75, 3.05) is 5.75 Å². The van der Waals surface area contributed by atoms with Crippen LogP contribution in [0.3, 0.4) is 0 Å². The molecule has 45 valence electrons. The molecule has 0 fully saturated rings. The van der Waals surface area contributed by atoms with Gasteiger partial charge in [0.1, 0.15) is 0 Å². The molecule has 0 aromatic heterocycles. The maximum absolute atomic E-state index is 9.79. The molecule has 0 aliphatic heterocycles. The molecule has 0 amide bonds. The topological polar surface area (TPSA) is 54.4 Å². The van der Waals surface area contributed by atoms with Gasteiger partial charge in [-0.3, -0.25) is 4.55 Å². The fraction of sp³-hybridized carbons (Fsp3) is 1.00. The largest absolute Gasteiger partial charge is 0.286 e. The molecule has 1 radical (unpaired) electrons. The Labute approximate surface area is 98.4 Å². The maximum atomic E-state index is 9.79. The Hall–Kier alpha value is 1.72. The fourth-order valence-electron chi connectivity index (χ4n) is 0.258. The van der Waals surface area contributed by atoms with Crippen LogP contribution >= 0.6 is 0 Å². The summed E-state index contributed by atoms with van der Waals surface area (Å²) in [5.74, 6) is -0.132. The van der Waals surface area contributed by atoms with E-state index in [-0.39, 0.29) is 63.9 Å². The Kier molecular flexibility index (Phi) is 8.52. The van der Waals surface area contributed by atoms with Crippen LogP contribution in [0.4, 0.5) is 0 Å². The van der Waals surface area contributed by atoms with Gasteiger partial charge in [0.15, 0.2) is 0 Å². The summed E-state index contributed by atoms with van der Waals surface area (Å²) in [6.07, 6.45) is 0.471. The molecule has 0 aromatic rings. The minimum Gasteiger partial charge on any atom is -0.286 e. The zero-order chi connectivity index (χ0) is 5.91. The minimum atomic E-state index is -3.67. The van der Waals surface area contributed by atoms with Crippen LogP contribution in [0.1, 0.15) is 13.3 Å². The van der Waals surface area contributed by atoms with Crippen molar-refractivity contribution >= 4 is 68.3 Å². The van der Waals surface area contributed by atoms with E-state index in [4.69, 9.17) is 4.55 Å². The van der Waals surface area contributed by atoms with E-state index in [1.54, 1.807) is 6.92 Å². The molecule has 0 saturated carbocycles. The molecule has 0 unspecified atom stereocenters. The third kappa shape index (κ3) is 10.7. The number of rotatable bonds is 2. The van der Waals surface area contributed by atoms with Crippen molar-refractivity contribution in [1.82, 2.24) is 0 Å². The van der Waals surface area contributed by atoms with Gasteiger partial charge in [0, 0.05) is 58.2 Å². The van der Waals surface area contributed by atoms with Gasteiger partial charge in [0.2, 0.25) is 0 Å². The van der Waals surface area contributed by atoms with Crippen LogP contribution in [0.2, 0.25) is 0 Å². The first kappa shape index (κ1) is 12.4. The summed E-state index contributed by atoms with van der Waals surface area (Å²) >= 11 is 0. The molecule has 0 saturated heterocycles. The van der Waals surface area contributed by atoms with Gasteiger partial charge in [0.25, 0.3) is 10.1 Å². The summed E-state index contributed by atoms with van der Waals surface area (Å²) in [6.45, 7) is 1.69. The van der Waals surface area contributed by atoms with Crippen LogP contribution in [-0.4, -0.2) is 76.9 Å². The molecule has 0 aliphatic rings. The van der Waals surface area contributed by atoms with Gasteiger partial charge in [-0.25, -0.2) is 0 Å². The summed E-state index contributed by atoms with van der Waals surface area (Å²) in [4.78, 5) is 0. The SMILES string of the molecule is CCCS(=O)(=O)O.[Rb]. The molecule has 1 N–H and O–H groups in total. The smallest absolute Gasteiger partial charge is 0.264 e. The van der Waals surface area contributed by atoms with Crippen molar-refractivity contribution in [2.45, 2.75) is 13.3 Å². The molecule has 0 bridgehead atoms. The summed E-state index contributed by atoms with van der Waals surface area (Å²) in [6, 6.07) is 0. The Morgan fingerprint density at radius 2 is 1.88 bits per heavy atom. The van der Waals surface area contributed by atoms with Crippen molar-refractivity contribution in [3.63, 3.8) is 0 Å². The van der Waals surface area contributed by atoms with Crippen molar-refractivity contribution in [2.24, 2.45) is 0 Å². The third-order valence-corrected chi connectivity index (χ3v) is 1.39. The number of hydrogen-bond donors (Lipinski definition) is 1. The van der Waals surface area contributed by atoms with E-state index in [2.05, 4.69) is 0 Å². The monoisotopic (exact) mass is 209 g/mol. The quantitative estimate of drug-likeness (QED) is 0.647. The summed E-state index contributed by atoms with van der Waals surface area (Å²) < 4.78 is 27.6. The van der Waals surface area contributed by atoms with E-state index >= 15 is 0 Å². The predicted molar refractivity (Wildman–Crippen MR) is 32.5 cm³/mol. The van der Waals surface area contributed by atoms with E-state index < -0.39 is 10.1 Å². The maximum Gasteiger partial charge on any atom is 0.264 e. The molecule has 0 aromatic carbocycles. The van der Waals surface area contributed by atoms with Gasteiger partial charge in [0.05, 0.1) is 5.75 Å². The standard InChI is InChI=1S/C3H8O3S.Rb/c1-2-3-7(4,5)6;/h2-3H2,1H3,(H,4,5,6);. The Morgan fingerprint density at radius 1 is 1.50 bits per heavy atom. The van der Waals surface area contributed by atoms with Gasteiger partial charge in [-0.1, -0.05) is 6.92 Å². The second kappa shape index (κ2) is 5.50. The second-order valence-electron chi connectivity index (χ2n) is 1.29. The summed E-state index contributed by atoms with van der Waals surface area (Å²) in [7, 11) is -3.67. The van der Waals surface area contributed by atoms with Gasteiger partial charge in [-0.2, -0.15) is 8.42 Å². The zero-order valence-corrected chi connectivity index (χ0v) is 10.8. The van der Waals surface area contributed by atoms with Gasteiger partial charge in [-0.05, 0) is 6.42 Å². The van der Waals surface area contributed by atoms with E-state index in [9.17, 15) is 8.42 Å². The van der Waals surface area contributed by atoms with Crippen molar-refractivity contribution < 1.29 is 13.0 Å². The first-order valence-corrected chi connectivity index (χ1v) is 3.62. The molecular weight excluding hydrogens is 202 g/mol. The molecule has 0 rings (SSSR count). The van der Waals surface area contributed by atoms with Crippen LogP contribution in [0, 0.1) is 0 Å². The molecule has 0 spiro atoms. The van der Waals surface area contributed by atoms with E-state index in [1.807, 2.05) is 0 Å². The van der Waals surface area contributed by atoms with Gasteiger partial charge >= 0.3 is 0 Å². The van der Waals surface area contributed by atoms with Crippen LogP contribution < -0.4 is 0 Å². The van der Waals surface area contributed by atoms with E-state index in [1.165, 1.54) is 0 Å². The molecule has 0 heterocycles. The van der Waals surface area contributed by atoms with Crippen molar-refractivity contribution in [1.29, 1.82) is 0 Å². The Bertz CT molecular complexity index is 127. The molecule has 0 aliphatic carbocycles. The first-order valence-electron chi connectivity index (χ1n) is 2.01. The summed E-state index contributed by atoms with van der Waals surface area (Å²) in [5, 5.41) is 0. The first-order chi connectivity index (χ1) is 3.06. The Morgan fingerprint density at radius 3 is 1.88 bits per heavy atom. The molecule has 3 nitrogen and oxygen atoms in total. The zero-order valence-electron chi connectivity index (χ0n) is 5.09. The average Bonchev–Trinajstić information content (AvgIpc) is 1.30. The predicted octanol–water partition coefficient (Wildman–Crippen LogP) is -0.0966. The van der Waals surface area contributed by atoms with E-state index in [0.717, 1.165) is 0 Å². The van der Waals surface area contributed by atoms with Crippen LogP contribution in [0.25, 0.3) is 0 Å². The molecule has 8 heavy (non-hydrogen) atoms. The van der Waals surface area contributed by atoms with Gasteiger partial charge in [-0.15, -0.1) is 0 Å². The molecule has 5 heteroatoms. The van der Waals surface area contributed by atoms with Crippen LogP contribution in [0.5, 0.6) is 0 Å².